The van der Waals surface area contributed by atoms with Crippen LogP contribution >= 0.6 is 0 Å². The Kier molecular flexibility index (Phi) is 8.17. The van der Waals surface area contributed by atoms with Crippen molar-refractivity contribution in [3.63, 3.8) is 0 Å². The van der Waals surface area contributed by atoms with E-state index in [2.05, 4.69) is 99.0 Å². The molecule has 0 amide bonds. The first-order chi connectivity index (χ1) is 12.2. The predicted octanol–water partition coefficient (Wildman–Crippen LogP) is 7.58. The highest BCUT2D eigenvalue weighted by molar-refractivity contribution is 6.90. The quantitative estimate of drug-likeness (QED) is 0.352. The Morgan fingerprint density at radius 2 is 1.48 bits per heavy atom. The Hall–Kier alpha value is -0.826. The second-order valence-electron chi connectivity index (χ2n) is 10.3. The van der Waals surface area contributed by atoms with E-state index in [4.69, 9.17) is 4.43 Å². The van der Waals surface area contributed by atoms with E-state index < -0.39 is 16.4 Å². The molecule has 0 aliphatic rings. The van der Waals surface area contributed by atoms with Gasteiger partial charge < -0.3 is 4.43 Å². The highest BCUT2D eigenvalue weighted by Crippen LogP contribution is 2.41. The van der Waals surface area contributed by atoms with Crippen molar-refractivity contribution < 1.29 is 4.43 Å². The third-order valence-electron chi connectivity index (χ3n) is 6.54. The molecule has 151 valence electrons. The van der Waals surface area contributed by atoms with Gasteiger partial charge in [0.15, 0.2) is 8.32 Å². The maximum Gasteiger partial charge on any atom is 0.192 e. The normalized spacial score (nSPS) is 13.3. The van der Waals surface area contributed by atoms with Crippen molar-refractivity contribution in [3.8, 4) is 11.5 Å². The molecule has 0 bridgehead atoms. The second-order valence-corrected chi connectivity index (χ2v) is 20.7. The molecular weight excluding hydrogens is 360 g/mol. The summed E-state index contributed by atoms with van der Waals surface area (Å²) in [6, 6.07) is 9.52. The van der Waals surface area contributed by atoms with Crippen molar-refractivity contribution in [2.24, 2.45) is 0 Å². The number of hydrogen-bond acceptors (Lipinski definition) is 1. The lowest BCUT2D eigenvalue weighted by molar-refractivity contribution is 0.276. The van der Waals surface area contributed by atoms with Gasteiger partial charge in [-0.15, -0.1) is 5.54 Å². The lowest BCUT2D eigenvalue weighted by atomic mass is 10.1. The van der Waals surface area contributed by atoms with Crippen molar-refractivity contribution in [2.45, 2.75) is 104 Å². The first-order valence-corrected chi connectivity index (χ1v) is 15.5. The van der Waals surface area contributed by atoms with Crippen molar-refractivity contribution >= 4 is 16.4 Å². The van der Waals surface area contributed by atoms with E-state index in [1.165, 1.54) is 5.56 Å². The third-order valence-corrected chi connectivity index (χ3v) is 17.3. The molecule has 1 nitrogen and oxygen atoms in total. The number of benzene rings is 1. The fourth-order valence-electron chi connectivity index (χ4n) is 3.77. The Bertz CT molecular complexity index is 648. The molecule has 3 heteroatoms. The van der Waals surface area contributed by atoms with Crippen molar-refractivity contribution in [1.82, 2.24) is 0 Å². The van der Waals surface area contributed by atoms with E-state index in [0.717, 1.165) is 5.56 Å². The standard InChI is InChI=1S/C24H41OSi2/c1-19(2)27(20(3)4,21(5)6)16-15-22-13-12-14-23(17-22)18-25-26(10,11)24(7,8)9/h13-14,17,19-21H,18H2,1-11H3. The van der Waals surface area contributed by atoms with Gasteiger partial charge in [0.2, 0.25) is 0 Å². The molecule has 0 saturated carbocycles. The Balaban J connectivity index is 3.09. The monoisotopic (exact) mass is 401 g/mol. The van der Waals surface area contributed by atoms with E-state index in [9.17, 15) is 0 Å². The molecule has 27 heavy (non-hydrogen) atoms. The molecule has 0 atom stereocenters. The lowest BCUT2D eigenvalue weighted by Crippen LogP contribution is -2.43. The average Bonchev–Trinajstić information content (AvgIpc) is 2.52. The van der Waals surface area contributed by atoms with E-state index in [-0.39, 0.29) is 5.04 Å². The molecule has 0 aliphatic carbocycles. The summed E-state index contributed by atoms with van der Waals surface area (Å²) in [6.45, 7) is 26.2. The highest BCUT2D eigenvalue weighted by atomic mass is 28.4. The molecule has 0 unspecified atom stereocenters. The Morgan fingerprint density at radius 3 is 1.93 bits per heavy atom. The Labute approximate surface area is 171 Å². The van der Waals surface area contributed by atoms with Crippen LogP contribution < -0.4 is 0 Å². The maximum absolute atomic E-state index is 6.37. The predicted molar refractivity (Wildman–Crippen MR) is 125 cm³/mol. The SMILES string of the molecule is CC(C)[Si](C#Cc1c[c]cc(CO[Si](C)(C)C(C)(C)C)c1)(C(C)C)C(C)C. The van der Waals surface area contributed by atoms with Crippen LogP contribution in [-0.2, 0) is 11.0 Å². The zero-order valence-corrected chi connectivity index (χ0v) is 21.6. The van der Waals surface area contributed by atoms with E-state index in [1.807, 2.05) is 12.1 Å². The highest BCUT2D eigenvalue weighted by Gasteiger charge is 2.41. The Morgan fingerprint density at radius 1 is 0.963 bits per heavy atom. The molecule has 0 aromatic heterocycles. The molecular formula is C24H41OSi2. The smallest absolute Gasteiger partial charge is 0.192 e. The molecule has 1 aromatic carbocycles. The van der Waals surface area contributed by atoms with Crippen LogP contribution in [0.1, 0.15) is 73.4 Å². The minimum absolute atomic E-state index is 0.227. The minimum atomic E-state index is -1.74. The molecule has 1 radical (unpaired) electrons. The van der Waals surface area contributed by atoms with Crippen LogP contribution in [0.2, 0.25) is 34.8 Å². The van der Waals surface area contributed by atoms with Crippen LogP contribution in [0.4, 0.5) is 0 Å². The summed E-state index contributed by atoms with van der Waals surface area (Å²) in [5.74, 6) is 3.53. The van der Waals surface area contributed by atoms with Gasteiger partial charge in [-0.05, 0) is 64.6 Å². The van der Waals surface area contributed by atoms with Crippen LogP contribution in [0.5, 0.6) is 0 Å². The lowest BCUT2D eigenvalue weighted by Gasteiger charge is -2.38. The molecule has 1 aromatic rings. The van der Waals surface area contributed by atoms with Gasteiger partial charge >= 0.3 is 0 Å². The molecule has 0 aliphatic heterocycles. The number of rotatable bonds is 6. The minimum Gasteiger partial charge on any atom is -0.413 e. The second kappa shape index (κ2) is 9.11. The summed E-state index contributed by atoms with van der Waals surface area (Å²) in [4.78, 5) is 0. The molecule has 1 rings (SSSR count). The summed E-state index contributed by atoms with van der Waals surface area (Å²) >= 11 is 0. The van der Waals surface area contributed by atoms with E-state index in [1.54, 1.807) is 0 Å². The van der Waals surface area contributed by atoms with Crippen LogP contribution in [0, 0.1) is 17.5 Å². The first kappa shape index (κ1) is 24.2. The van der Waals surface area contributed by atoms with Crippen LogP contribution in [0.3, 0.4) is 0 Å². The van der Waals surface area contributed by atoms with E-state index in [0.29, 0.717) is 23.2 Å². The summed E-state index contributed by atoms with van der Waals surface area (Å²) in [5, 5.41) is 0.227. The van der Waals surface area contributed by atoms with Gasteiger partial charge in [-0.2, -0.15) is 0 Å². The van der Waals surface area contributed by atoms with Crippen LogP contribution in [-0.4, -0.2) is 16.4 Å². The summed E-state index contributed by atoms with van der Waals surface area (Å²) in [7, 11) is -3.44. The zero-order valence-electron chi connectivity index (χ0n) is 19.6. The third kappa shape index (κ3) is 5.83. The average molecular weight is 402 g/mol. The summed E-state index contributed by atoms with van der Waals surface area (Å²) in [5.41, 5.74) is 8.02. The zero-order chi connectivity index (χ0) is 21.0. The van der Waals surface area contributed by atoms with Gasteiger partial charge in [0.25, 0.3) is 0 Å². The fraction of sp³-hybridized carbons (Fsp3) is 0.667. The number of hydrogen-bond donors (Lipinski definition) is 0. The van der Waals surface area contributed by atoms with Gasteiger partial charge in [0, 0.05) is 5.56 Å². The maximum atomic E-state index is 6.37. The van der Waals surface area contributed by atoms with Crippen molar-refractivity contribution in [1.29, 1.82) is 0 Å². The van der Waals surface area contributed by atoms with Crippen LogP contribution in [0.15, 0.2) is 18.2 Å². The van der Waals surface area contributed by atoms with Gasteiger partial charge in [-0.1, -0.05) is 68.2 Å². The summed E-state index contributed by atoms with van der Waals surface area (Å²) < 4.78 is 6.37. The van der Waals surface area contributed by atoms with Gasteiger partial charge in [-0.3, -0.25) is 0 Å². The summed E-state index contributed by atoms with van der Waals surface area (Å²) in [6.07, 6.45) is 0. The largest absolute Gasteiger partial charge is 0.413 e. The van der Waals surface area contributed by atoms with Gasteiger partial charge in [0.1, 0.15) is 8.07 Å². The van der Waals surface area contributed by atoms with Gasteiger partial charge in [-0.25, -0.2) is 0 Å². The van der Waals surface area contributed by atoms with Crippen LogP contribution in [0.25, 0.3) is 0 Å². The molecule has 0 heterocycles. The van der Waals surface area contributed by atoms with E-state index >= 15 is 0 Å². The molecule has 0 fully saturated rings. The van der Waals surface area contributed by atoms with Crippen molar-refractivity contribution in [3.05, 3.63) is 35.4 Å². The van der Waals surface area contributed by atoms with Gasteiger partial charge in [0.05, 0.1) is 6.61 Å². The molecule has 0 spiro atoms. The molecule has 0 saturated heterocycles. The fourth-order valence-corrected chi connectivity index (χ4v) is 9.96. The van der Waals surface area contributed by atoms with Crippen molar-refractivity contribution in [2.75, 3.05) is 0 Å². The topological polar surface area (TPSA) is 9.23 Å². The molecule has 0 N–H and O–H groups in total. The first-order valence-electron chi connectivity index (χ1n) is 10.4.